The van der Waals surface area contributed by atoms with E-state index in [9.17, 15) is 4.91 Å². The highest BCUT2D eigenvalue weighted by molar-refractivity contribution is 5.64. The van der Waals surface area contributed by atoms with Gasteiger partial charge in [0.05, 0.1) is 7.11 Å². The van der Waals surface area contributed by atoms with Crippen molar-refractivity contribution >= 4 is 0 Å². The minimum absolute atomic E-state index is 0.428. The fraction of sp³-hybridized carbons (Fsp3) is 0.0769. The summed E-state index contributed by atoms with van der Waals surface area (Å²) in [5, 5.41) is 2.36. The number of benzene rings is 2. The van der Waals surface area contributed by atoms with Crippen molar-refractivity contribution < 1.29 is 9.57 Å². The lowest BCUT2D eigenvalue weighted by Crippen LogP contribution is -1.83. The molecule has 2 aromatic carbocycles. The maximum Gasteiger partial charge on any atom is 0.161 e. The molecule has 0 saturated carbocycles. The van der Waals surface area contributed by atoms with Gasteiger partial charge < -0.3 is 9.57 Å². The lowest BCUT2D eigenvalue weighted by atomic mass is 10.1. The van der Waals surface area contributed by atoms with Gasteiger partial charge in [0, 0.05) is 0 Å². The Balaban J connectivity index is 2.23. The summed E-state index contributed by atoms with van der Waals surface area (Å²) >= 11 is 0. The van der Waals surface area contributed by atoms with Crippen molar-refractivity contribution in [1.82, 2.24) is 0 Å². The van der Waals surface area contributed by atoms with Gasteiger partial charge in [0.2, 0.25) is 0 Å². The fourth-order valence-corrected chi connectivity index (χ4v) is 1.53. The highest BCUT2D eigenvalue weighted by Crippen LogP contribution is 2.24. The summed E-state index contributed by atoms with van der Waals surface area (Å²) in [5.41, 5.74) is 2.10. The summed E-state index contributed by atoms with van der Waals surface area (Å²) in [5.74, 6) is 1.25. The van der Waals surface area contributed by atoms with Crippen LogP contribution in [0.5, 0.6) is 11.5 Å². The molecule has 0 spiro atoms. The molecule has 0 aliphatic heterocycles. The van der Waals surface area contributed by atoms with E-state index in [1.165, 1.54) is 0 Å². The highest BCUT2D eigenvalue weighted by atomic mass is 16.7. The molecule has 4 nitrogen and oxygen atoms in total. The smallest absolute Gasteiger partial charge is 0.161 e. The third-order valence-electron chi connectivity index (χ3n) is 2.42. The molecule has 2 rings (SSSR count). The monoisotopic (exact) mass is 229 g/mol. The molecule has 86 valence electrons. The second-order valence-corrected chi connectivity index (χ2v) is 3.42. The zero-order valence-corrected chi connectivity index (χ0v) is 9.29. The average molecular weight is 229 g/mol. The number of nitrogens with zero attached hydrogens (tertiary/aromatic N) is 1. The van der Waals surface area contributed by atoms with Gasteiger partial charge in [-0.2, -0.15) is 0 Å². The first-order valence-corrected chi connectivity index (χ1v) is 5.07. The van der Waals surface area contributed by atoms with Crippen LogP contribution in [0.2, 0.25) is 0 Å². The first-order valence-electron chi connectivity index (χ1n) is 5.07. The van der Waals surface area contributed by atoms with Crippen LogP contribution in [-0.4, -0.2) is 7.11 Å². The summed E-state index contributed by atoms with van der Waals surface area (Å²) in [6.45, 7) is 0. The normalized spacial score (nSPS) is 9.71. The van der Waals surface area contributed by atoms with E-state index in [-0.39, 0.29) is 0 Å². The lowest BCUT2D eigenvalue weighted by Gasteiger charge is -2.04. The third-order valence-corrected chi connectivity index (χ3v) is 2.42. The zero-order chi connectivity index (χ0) is 12.1. The van der Waals surface area contributed by atoms with Crippen molar-refractivity contribution in [2.45, 2.75) is 0 Å². The van der Waals surface area contributed by atoms with Crippen molar-refractivity contribution in [2.24, 2.45) is 5.34 Å². The SMILES string of the molecule is COc1ccc(-c2ccc(ON=O)cc2)cc1. The van der Waals surface area contributed by atoms with Crippen LogP contribution in [0.25, 0.3) is 11.1 Å². The van der Waals surface area contributed by atoms with Crippen LogP contribution in [0.15, 0.2) is 53.9 Å². The van der Waals surface area contributed by atoms with Crippen LogP contribution < -0.4 is 9.57 Å². The molecule has 0 aliphatic rings. The summed E-state index contributed by atoms with van der Waals surface area (Å²) in [6.07, 6.45) is 0. The van der Waals surface area contributed by atoms with E-state index in [0.717, 1.165) is 16.9 Å². The average Bonchev–Trinajstić information content (AvgIpc) is 2.40. The Morgan fingerprint density at radius 2 is 1.29 bits per heavy atom. The topological polar surface area (TPSA) is 47.9 Å². The van der Waals surface area contributed by atoms with E-state index < -0.39 is 0 Å². The molecule has 0 fully saturated rings. The maximum absolute atomic E-state index is 9.91. The maximum atomic E-state index is 9.91. The summed E-state index contributed by atoms with van der Waals surface area (Å²) in [6, 6.07) is 14.8. The minimum atomic E-state index is 0.428. The number of hydrogen-bond donors (Lipinski definition) is 0. The van der Waals surface area contributed by atoms with E-state index in [2.05, 4.69) is 10.2 Å². The largest absolute Gasteiger partial charge is 0.497 e. The first-order chi connectivity index (χ1) is 8.33. The molecule has 0 aliphatic carbocycles. The van der Waals surface area contributed by atoms with E-state index in [1.807, 2.05) is 36.4 Å². The summed E-state index contributed by atoms with van der Waals surface area (Å²) < 4.78 is 5.09. The Kier molecular flexibility index (Phi) is 3.35. The first kappa shape index (κ1) is 11.1. The molecule has 0 saturated heterocycles. The van der Waals surface area contributed by atoms with Gasteiger partial charge in [-0.05, 0) is 35.4 Å². The molecular weight excluding hydrogens is 218 g/mol. The van der Waals surface area contributed by atoms with Crippen LogP contribution >= 0.6 is 0 Å². The zero-order valence-electron chi connectivity index (χ0n) is 9.29. The second-order valence-electron chi connectivity index (χ2n) is 3.42. The van der Waals surface area contributed by atoms with Crippen LogP contribution in [0, 0.1) is 4.91 Å². The minimum Gasteiger partial charge on any atom is -0.497 e. The second kappa shape index (κ2) is 5.12. The fourth-order valence-electron chi connectivity index (χ4n) is 1.53. The third kappa shape index (κ3) is 2.60. The van der Waals surface area contributed by atoms with Crippen molar-refractivity contribution in [2.75, 3.05) is 7.11 Å². The van der Waals surface area contributed by atoms with Crippen LogP contribution in [0.1, 0.15) is 0 Å². The predicted molar refractivity (Wildman–Crippen MR) is 64.9 cm³/mol. The molecule has 0 amide bonds. The van der Waals surface area contributed by atoms with Crippen LogP contribution in [-0.2, 0) is 0 Å². The van der Waals surface area contributed by atoms with Crippen molar-refractivity contribution in [3.63, 3.8) is 0 Å². The van der Waals surface area contributed by atoms with E-state index in [1.54, 1.807) is 19.2 Å². The summed E-state index contributed by atoms with van der Waals surface area (Å²) in [7, 11) is 1.63. The molecule has 0 aromatic heterocycles. The Hall–Kier alpha value is -2.36. The molecule has 2 aromatic rings. The Morgan fingerprint density at radius 3 is 1.71 bits per heavy atom. The Bertz CT molecular complexity index is 491. The molecule has 0 unspecified atom stereocenters. The Labute approximate surface area is 98.7 Å². The molecule has 0 N–H and O–H groups in total. The van der Waals surface area contributed by atoms with Crippen molar-refractivity contribution in [1.29, 1.82) is 0 Å². The van der Waals surface area contributed by atoms with E-state index in [4.69, 9.17) is 4.74 Å². The van der Waals surface area contributed by atoms with Crippen molar-refractivity contribution in [3.05, 3.63) is 53.4 Å². The number of hydrogen-bond acceptors (Lipinski definition) is 4. The van der Waals surface area contributed by atoms with Gasteiger partial charge in [-0.15, -0.1) is 4.91 Å². The van der Waals surface area contributed by atoms with Gasteiger partial charge in [-0.3, -0.25) is 0 Å². The number of ether oxygens (including phenoxy) is 1. The van der Waals surface area contributed by atoms with Gasteiger partial charge in [0.25, 0.3) is 0 Å². The van der Waals surface area contributed by atoms with Crippen LogP contribution in [0.4, 0.5) is 0 Å². The molecular formula is C13H11NO3. The molecule has 0 bridgehead atoms. The number of rotatable bonds is 4. The van der Waals surface area contributed by atoms with Gasteiger partial charge in [-0.25, -0.2) is 0 Å². The quantitative estimate of drug-likeness (QED) is 0.596. The van der Waals surface area contributed by atoms with E-state index in [0.29, 0.717) is 5.75 Å². The Morgan fingerprint density at radius 1 is 0.824 bits per heavy atom. The molecule has 0 atom stereocenters. The van der Waals surface area contributed by atoms with Gasteiger partial charge in [-0.1, -0.05) is 24.3 Å². The van der Waals surface area contributed by atoms with Gasteiger partial charge >= 0.3 is 0 Å². The van der Waals surface area contributed by atoms with Crippen molar-refractivity contribution in [3.8, 4) is 22.6 Å². The highest BCUT2D eigenvalue weighted by Gasteiger charge is 1.99. The standard InChI is InChI=1S/C13H11NO3/c1-16-12-6-2-10(3-7-12)11-4-8-13(9-5-11)17-14-15/h2-9H,1H3. The van der Waals surface area contributed by atoms with Gasteiger partial charge in [0.1, 0.15) is 5.75 Å². The van der Waals surface area contributed by atoms with E-state index >= 15 is 0 Å². The number of methoxy groups -OCH3 is 1. The molecule has 0 radical (unpaired) electrons. The lowest BCUT2D eigenvalue weighted by molar-refractivity contribution is 0.335. The molecule has 4 heteroatoms. The predicted octanol–water partition coefficient (Wildman–Crippen LogP) is 3.42. The van der Waals surface area contributed by atoms with Gasteiger partial charge in [0.15, 0.2) is 11.1 Å². The van der Waals surface area contributed by atoms with Crippen LogP contribution in [0.3, 0.4) is 0 Å². The molecule has 0 heterocycles. The summed E-state index contributed by atoms with van der Waals surface area (Å²) in [4.78, 5) is 14.4. The molecule has 17 heavy (non-hydrogen) atoms.